The standard InChI is InChI=1S/C11H21N3O2S/c1-4-17(15,16)9-10(2)12-6-5-11-13-7-8-14(11)3/h7-8,10,12H,4-6,9H2,1-3H3. The van der Waals surface area contributed by atoms with Gasteiger partial charge in [-0.2, -0.15) is 0 Å². The van der Waals surface area contributed by atoms with Crippen LogP contribution in [0, 0.1) is 0 Å². The van der Waals surface area contributed by atoms with E-state index in [1.807, 2.05) is 24.7 Å². The second-order valence-corrected chi connectivity index (χ2v) is 6.66. The van der Waals surface area contributed by atoms with E-state index >= 15 is 0 Å². The summed E-state index contributed by atoms with van der Waals surface area (Å²) in [4.78, 5) is 4.21. The molecule has 1 atom stereocenters. The highest BCUT2D eigenvalue weighted by Crippen LogP contribution is 1.97. The molecule has 0 amide bonds. The molecule has 0 aliphatic carbocycles. The minimum absolute atomic E-state index is 0.0137. The molecule has 1 unspecified atom stereocenters. The molecule has 1 N–H and O–H groups in total. The maximum atomic E-state index is 11.4. The van der Waals surface area contributed by atoms with Crippen molar-refractivity contribution in [3.8, 4) is 0 Å². The van der Waals surface area contributed by atoms with E-state index in [2.05, 4.69) is 10.3 Å². The van der Waals surface area contributed by atoms with Crippen LogP contribution in [-0.2, 0) is 23.3 Å². The molecule has 0 aliphatic heterocycles. The summed E-state index contributed by atoms with van der Waals surface area (Å²) in [6.07, 6.45) is 4.47. The predicted octanol–water partition coefficient (Wildman–Crippen LogP) is 0.375. The van der Waals surface area contributed by atoms with Crippen LogP contribution >= 0.6 is 0 Å². The second-order valence-electron chi connectivity index (χ2n) is 4.26. The fourth-order valence-corrected chi connectivity index (χ4v) is 2.74. The van der Waals surface area contributed by atoms with Gasteiger partial charge in [-0.15, -0.1) is 0 Å². The Morgan fingerprint density at radius 1 is 1.53 bits per heavy atom. The summed E-state index contributed by atoms with van der Waals surface area (Å²) >= 11 is 0. The van der Waals surface area contributed by atoms with E-state index in [0.29, 0.717) is 0 Å². The van der Waals surface area contributed by atoms with E-state index in [9.17, 15) is 8.42 Å². The first kappa shape index (κ1) is 14.2. The smallest absolute Gasteiger partial charge is 0.151 e. The molecule has 0 aliphatic rings. The molecule has 98 valence electrons. The third-order valence-corrected chi connectivity index (χ3v) is 4.59. The summed E-state index contributed by atoms with van der Waals surface area (Å²) in [5, 5.41) is 3.21. The van der Waals surface area contributed by atoms with Crippen LogP contribution in [-0.4, -0.2) is 42.1 Å². The molecular weight excluding hydrogens is 238 g/mol. The van der Waals surface area contributed by atoms with Gasteiger partial charge in [-0.1, -0.05) is 6.92 Å². The largest absolute Gasteiger partial charge is 0.338 e. The molecule has 0 saturated carbocycles. The molecule has 0 aromatic carbocycles. The van der Waals surface area contributed by atoms with Gasteiger partial charge in [-0.3, -0.25) is 0 Å². The molecule has 1 heterocycles. The van der Waals surface area contributed by atoms with Gasteiger partial charge in [0.25, 0.3) is 0 Å². The Morgan fingerprint density at radius 3 is 2.76 bits per heavy atom. The lowest BCUT2D eigenvalue weighted by Gasteiger charge is -2.13. The molecule has 17 heavy (non-hydrogen) atoms. The van der Waals surface area contributed by atoms with Crippen molar-refractivity contribution in [2.45, 2.75) is 26.3 Å². The number of nitrogens with one attached hydrogen (secondary N) is 1. The summed E-state index contributed by atoms with van der Waals surface area (Å²) in [7, 11) is -0.943. The van der Waals surface area contributed by atoms with E-state index in [0.717, 1.165) is 18.8 Å². The quantitative estimate of drug-likeness (QED) is 0.768. The molecule has 5 nitrogen and oxygen atoms in total. The molecule has 1 aromatic rings. The summed E-state index contributed by atoms with van der Waals surface area (Å²) in [6.45, 7) is 4.31. The number of imidazole rings is 1. The van der Waals surface area contributed by atoms with Gasteiger partial charge < -0.3 is 9.88 Å². The van der Waals surface area contributed by atoms with Crippen molar-refractivity contribution in [2.75, 3.05) is 18.1 Å². The van der Waals surface area contributed by atoms with Gasteiger partial charge in [-0.05, 0) is 6.92 Å². The Bertz CT molecular complexity index is 439. The molecular formula is C11H21N3O2S. The second kappa shape index (κ2) is 6.16. The average molecular weight is 259 g/mol. The Balaban J connectivity index is 2.30. The summed E-state index contributed by atoms with van der Waals surface area (Å²) in [5.74, 6) is 1.41. The minimum atomic E-state index is -2.89. The normalized spacial score (nSPS) is 13.8. The van der Waals surface area contributed by atoms with Crippen LogP contribution in [0.3, 0.4) is 0 Å². The first-order valence-corrected chi connectivity index (χ1v) is 7.66. The highest BCUT2D eigenvalue weighted by atomic mass is 32.2. The van der Waals surface area contributed by atoms with Crippen LogP contribution in [0.1, 0.15) is 19.7 Å². The summed E-state index contributed by atoms with van der Waals surface area (Å²) < 4.78 is 24.8. The molecule has 0 bridgehead atoms. The number of rotatable bonds is 7. The minimum Gasteiger partial charge on any atom is -0.338 e. The van der Waals surface area contributed by atoms with Crippen LogP contribution < -0.4 is 5.32 Å². The van der Waals surface area contributed by atoms with Crippen molar-refractivity contribution in [1.82, 2.24) is 14.9 Å². The van der Waals surface area contributed by atoms with E-state index in [1.54, 1.807) is 13.1 Å². The van der Waals surface area contributed by atoms with Crippen molar-refractivity contribution in [2.24, 2.45) is 7.05 Å². The monoisotopic (exact) mass is 259 g/mol. The molecule has 0 fully saturated rings. The van der Waals surface area contributed by atoms with Crippen molar-refractivity contribution in [1.29, 1.82) is 0 Å². The van der Waals surface area contributed by atoms with Crippen LogP contribution in [0.15, 0.2) is 12.4 Å². The summed E-state index contributed by atoms with van der Waals surface area (Å²) in [5.41, 5.74) is 0. The molecule has 1 rings (SSSR count). The highest BCUT2D eigenvalue weighted by molar-refractivity contribution is 7.91. The summed E-state index contributed by atoms with van der Waals surface area (Å²) in [6, 6.07) is -0.0137. The zero-order valence-corrected chi connectivity index (χ0v) is 11.5. The van der Waals surface area contributed by atoms with Crippen LogP contribution in [0.5, 0.6) is 0 Å². The number of aryl methyl sites for hydroxylation is 1. The topological polar surface area (TPSA) is 64.0 Å². The maximum Gasteiger partial charge on any atom is 0.151 e. The number of hydrogen-bond acceptors (Lipinski definition) is 4. The number of nitrogens with zero attached hydrogens (tertiary/aromatic N) is 2. The molecule has 0 radical (unpaired) electrons. The zero-order chi connectivity index (χ0) is 12.9. The fourth-order valence-electron chi connectivity index (χ4n) is 1.63. The van der Waals surface area contributed by atoms with Crippen molar-refractivity contribution in [3.05, 3.63) is 18.2 Å². The fraction of sp³-hybridized carbons (Fsp3) is 0.727. The van der Waals surface area contributed by atoms with E-state index in [4.69, 9.17) is 0 Å². The van der Waals surface area contributed by atoms with Crippen molar-refractivity contribution in [3.63, 3.8) is 0 Å². The van der Waals surface area contributed by atoms with Gasteiger partial charge in [0.1, 0.15) is 5.82 Å². The van der Waals surface area contributed by atoms with Gasteiger partial charge in [0.05, 0.1) is 5.75 Å². The molecule has 6 heteroatoms. The van der Waals surface area contributed by atoms with Gasteiger partial charge in [0.2, 0.25) is 0 Å². The van der Waals surface area contributed by atoms with E-state index in [-0.39, 0.29) is 17.5 Å². The van der Waals surface area contributed by atoms with Gasteiger partial charge in [0, 0.05) is 44.2 Å². The third kappa shape index (κ3) is 4.87. The number of hydrogen-bond donors (Lipinski definition) is 1. The number of sulfone groups is 1. The lowest BCUT2D eigenvalue weighted by Crippen LogP contribution is -2.35. The first-order chi connectivity index (χ1) is 7.94. The van der Waals surface area contributed by atoms with Crippen LogP contribution in [0.2, 0.25) is 0 Å². The molecule has 1 aromatic heterocycles. The molecule has 0 spiro atoms. The Kier molecular flexibility index (Phi) is 5.14. The Hall–Kier alpha value is -0.880. The van der Waals surface area contributed by atoms with Gasteiger partial charge >= 0.3 is 0 Å². The van der Waals surface area contributed by atoms with Crippen LogP contribution in [0.25, 0.3) is 0 Å². The predicted molar refractivity (Wildman–Crippen MR) is 68.7 cm³/mol. The Labute approximate surface area is 103 Å². The molecule has 0 saturated heterocycles. The first-order valence-electron chi connectivity index (χ1n) is 5.84. The van der Waals surface area contributed by atoms with Crippen molar-refractivity contribution < 1.29 is 8.42 Å². The maximum absolute atomic E-state index is 11.4. The van der Waals surface area contributed by atoms with Crippen molar-refractivity contribution >= 4 is 9.84 Å². The van der Waals surface area contributed by atoms with Gasteiger partial charge in [-0.25, -0.2) is 13.4 Å². The average Bonchev–Trinajstić information content (AvgIpc) is 2.64. The van der Waals surface area contributed by atoms with E-state index < -0.39 is 9.84 Å². The van der Waals surface area contributed by atoms with Gasteiger partial charge in [0.15, 0.2) is 9.84 Å². The lowest BCUT2D eigenvalue weighted by atomic mass is 10.3. The number of aromatic nitrogens is 2. The van der Waals surface area contributed by atoms with E-state index in [1.165, 1.54) is 0 Å². The SMILES string of the molecule is CCS(=O)(=O)CC(C)NCCc1nccn1C. The van der Waals surface area contributed by atoms with Crippen LogP contribution in [0.4, 0.5) is 0 Å². The zero-order valence-electron chi connectivity index (χ0n) is 10.7. The third-order valence-electron chi connectivity index (χ3n) is 2.71. The Morgan fingerprint density at radius 2 is 2.24 bits per heavy atom. The lowest BCUT2D eigenvalue weighted by molar-refractivity contribution is 0.553. The highest BCUT2D eigenvalue weighted by Gasteiger charge is 2.13.